The molecule has 0 aliphatic rings. The fourth-order valence-corrected chi connectivity index (χ4v) is 1.12. The fourth-order valence-electron chi connectivity index (χ4n) is 1.12. The van der Waals surface area contributed by atoms with Crippen LogP contribution in [-0.4, -0.2) is 24.0 Å². The predicted octanol–water partition coefficient (Wildman–Crippen LogP) is 1.10. The molecule has 0 bridgehead atoms. The second-order valence-corrected chi connectivity index (χ2v) is 3.15. The molecule has 1 amide bonds. The van der Waals surface area contributed by atoms with Crippen molar-refractivity contribution < 1.29 is 4.79 Å². The second-order valence-electron chi connectivity index (χ2n) is 3.15. The van der Waals surface area contributed by atoms with Crippen molar-refractivity contribution in [2.45, 2.75) is 6.92 Å². The van der Waals surface area contributed by atoms with Crippen molar-refractivity contribution in [1.82, 2.24) is 10.3 Å². The molecule has 80 valence electrons. The number of hydrogen-bond acceptors (Lipinski definition) is 3. The Balaban J connectivity index is 2.40. The minimum absolute atomic E-state index is 0.0672. The van der Waals surface area contributed by atoms with Crippen molar-refractivity contribution in [2.24, 2.45) is 0 Å². The highest BCUT2D eigenvalue weighted by atomic mass is 16.1. The highest BCUT2D eigenvalue weighted by molar-refractivity contribution is 5.92. The maximum Gasteiger partial charge on any atom is 0.238 e. The SMILES string of the molecule is C=CCNCC(=O)Nc1ccnc(C)c1. The van der Waals surface area contributed by atoms with E-state index in [2.05, 4.69) is 22.2 Å². The molecule has 1 rings (SSSR count). The summed E-state index contributed by atoms with van der Waals surface area (Å²) in [4.78, 5) is 15.4. The van der Waals surface area contributed by atoms with E-state index in [1.54, 1.807) is 18.3 Å². The molecule has 1 heterocycles. The van der Waals surface area contributed by atoms with Crippen molar-refractivity contribution in [3.8, 4) is 0 Å². The molecule has 0 unspecified atom stereocenters. The summed E-state index contributed by atoms with van der Waals surface area (Å²) in [5.74, 6) is -0.0672. The predicted molar refractivity (Wildman–Crippen MR) is 60.7 cm³/mol. The van der Waals surface area contributed by atoms with Gasteiger partial charge >= 0.3 is 0 Å². The zero-order valence-electron chi connectivity index (χ0n) is 8.79. The standard InChI is InChI=1S/C11H15N3O/c1-3-5-12-8-11(15)14-10-4-6-13-9(2)7-10/h3-4,6-7,12H,1,5,8H2,2H3,(H,13,14,15). The highest BCUT2D eigenvalue weighted by Gasteiger charge is 2.00. The summed E-state index contributed by atoms with van der Waals surface area (Å²) in [6.45, 7) is 6.34. The molecular formula is C11H15N3O. The average Bonchev–Trinajstić information content (AvgIpc) is 2.18. The molecule has 0 saturated heterocycles. The summed E-state index contributed by atoms with van der Waals surface area (Å²) in [6, 6.07) is 3.59. The molecule has 0 saturated carbocycles. The maximum atomic E-state index is 11.4. The van der Waals surface area contributed by atoms with E-state index in [1.165, 1.54) is 0 Å². The second kappa shape index (κ2) is 5.93. The van der Waals surface area contributed by atoms with Crippen LogP contribution in [0.5, 0.6) is 0 Å². The lowest BCUT2D eigenvalue weighted by Crippen LogP contribution is -2.28. The Morgan fingerprint density at radius 1 is 1.67 bits per heavy atom. The molecular weight excluding hydrogens is 190 g/mol. The lowest BCUT2D eigenvalue weighted by Gasteiger charge is -2.05. The van der Waals surface area contributed by atoms with Crippen LogP contribution in [0.25, 0.3) is 0 Å². The summed E-state index contributed by atoms with van der Waals surface area (Å²) in [7, 11) is 0. The number of aryl methyl sites for hydroxylation is 1. The number of amides is 1. The van der Waals surface area contributed by atoms with Gasteiger partial charge in [0.15, 0.2) is 0 Å². The molecule has 4 heteroatoms. The van der Waals surface area contributed by atoms with Crippen LogP contribution in [0.1, 0.15) is 5.69 Å². The molecule has 0 aliphatic heterocycles. The Labute approximate surface area is 89.4 Å². The summed E-state index contributed by atoms with van der Waals surface area (Å²) >= 11 is 0. The summed E-state index contributed by atoms with van der Waals surface area (Å²) < 4.78 is 0. The molecule has 1 aromatic rings. The van der Waals surface area contributed by atoms with Crippen LogP contribution >= 0.6 is 0 Å². The van der Waals surface area contributed by atoms with Crippen LogP contribution < -0.4 is 10.6 Å². The molecule has 0 fully saturated rings. The number of pyridine rings is 1. The van der Waals surface area contributed by atoms with Gasteiger partial charge in [0.1, 0.15) is 0 Å². The Bertz CT molecular complexity index is 349. The zero-order chi connectivity index (χ0) is 11.1. The minimum Gasteiger partial charge on any atom is -0.325 e. The number of carbonyl (C=O) groups excluding carboxylic acids is 1. The average molecular weight is 205 g/mol. The molecule has 0 aromatic carbocycles. The van der Waals surface area contributed by atoms with Crippen molar-refractivity contribution in [3.05, 3.63) is 36.7 Å². The molecule has 2 N–H and O–H groups in total. The van der Waals surface area contributed by atoms with E-state index in [1.807, 2.05) is 13.0 Å². The minimum atomic E-state index is -0.0672. The number of nitrogens with one attached hydrogen (secondary N) is 2. The molecule has 15 heavy (non-hydrogen) atoms. The fraction of sp³-hybridized carbons (Fsp3) is 0.273. The highest BCUT2D eigenvalue weighted by Crippen LogP contribution is 2.06. The first-order valence-corrected chi connectivity index (χ1v) is 4.76. The number of nitrogens with zero attached hydrogens (tertiary/aromatic N) is 1. The van der Waals surface area contributed by atoms with Crippen LogP contribution in [0.2, 0.25) is 0 Å². The first kappa shape index (κ1) is 11.4. The van der Waals surface area contributed by atoms with Gasteiger partial charge in [-0.3, -0.25) is 9.78 Å². The number of hydrogen-bond donors (Lipinski definition) is 2. The van der Waals surface area contributed by atoms with Crippen LogP contribution in [0.4, 0.5) is 5.69 Å². The first-order valence-electron chi connectivity index (χ1n) is 4.76. The molecule has 0 atom stereocenters. The lowest BCUT2D eigenvalue weighted by molar-refractivity contribution is -0.115. The Hall–Kier alpha value is -1.68. The normalized spacial score (nSPS) is 9.67. The van der Waals surface area contributed by atoms with Gasteiger partial charge in [0.25, 0.3) is 0 Å². The number of carbonyl (C=O) groups is 1. The van der Waals surface area contributed by atoms with E-state index in [-0.39, 0.29) is 12.5 Å². The topological polar surface area (TPSA) is 54.0 Å². The smallest absolute Gasteiger partial charge is 0.238 e. The van der Waals surface area contributed by atoms with Gasteiger partial charge in [-0.2, -0.15) is 0 Å². The number of aromatic nitrogens is 1. The molecule has 1 aromatic heterocycles. The van der Waals surface area contributed by atoms with Gasteiger partial charge in [-0.05, 0) is 19.1 Å². The molecule has 0 spiro atoms. The van der Waals surface area contributed by atoms with E-state index in [4.69, 9.17) is 0 Å². The monoisotopic (exact) mass is 205 g/mol. The van der Waals surface area contributed by atoms with Crippen molar-refractivity contribution in [1.29, 1.82) is 0 Å². The van der Waals surface area contributed by atoms with Gasteiger partial charge in [0.2, 0.25) is 5.91 Å². The molecule has 0 aliphatic carbocycles. The van der Waals surface area contributed by atoms with Crippen LogP contribution in [0.3, 0.4) is 0 Å². The van der Waals surface area contributed by atoms with Crippen molar-refractivity contribution in [2.75, 3.05) is 18.4 Å². The summed E-state index contributed by atoms with van der Waals surface area (Å²) in [5, 5.41) is 5.69. The van der Waals surface area contributed by atoms with E-state index < -0.39 is 0 Å². The van der Waals surface area contributed by atoms with Gasteiger partial charge < -0.3 is 10.6 Å². The largest absolute Gasteiger partial charge is 0.325 e. The first-order chi connectivity index (χ1) is 7.22. The van der Waals surface area contributed by atoms with E-state index in [0.717, 1.165) is 11.4 Å². The van der Waals surface area contributed by atoms with E-state index >= 15 is 0 Å². The third-order valence-electron chi connectivity index (χ3n) is 1.75. The third-order valence-corrected chi connectivity index (χ3v) is 1.75. The van der Waals surface area contributed by atoms with Crippen LogP contribution in [0.15, 0.2) is 31.0 Å². The van der Waals surface area contributed by atoms with E-state index in [0.29, 0.717) is 6.54 Å². The maximum absolute atomic E-state index is 11.4. The summed E-state index contributed by atoms with van der Waals surface area (Å²) in [6.07, 6.45) is 3.38. The lowest BCUT2D eigenvalue weighted by atomic mass is 10.3. The van der Waals surface area contributed by atoms with Crippen LogP contribution in [0, 0.1) is 6.92 Å². The van der Waals surface area contributed by atoms with Gasteiger partial charge in [-0.1, -0.05) is 6.08 Å². The van der Waals surface area contributed by atoms with Gasteiger partial charge in [0.05, 0.1) is 6.54 Å². The number of rotatable bonds is 5. The summed E-state index contributed by atoms with van der Waals surface area (Å²) in [5.41, 5.74) is 1.65. The quantitative estimate of drug-likeness (QED) is 0.559. The number of anilines is 1. The van der Waals surface area contributed by atoms with E-state index in [9.17, 15) is 4.79 Å². The Morgan fingerprint density at radius 3 is 3.13 bits per heavy atom. The van der Waals surface area contributed by atoms with Gasteiger partial charge in [-0.15, -0.1) is 6.58 Å². The third kappa shape index (κ3) is 4.37. The van der Waals surface area contributed by atoms with Crippen molar-refractivity contribution >= 4 is 11.6 Å². The Morgan fingerprint density at radius 2 is 2.47 bits per heavy atom. The molecule has 4 nitrogen and oxygen atoms in total. The zero-order valence-corrected chi connectivity index (χ0v) is 8.79. The van der Waals surface area contributed by atoms with Crippen molar-refractivity contribution in [3.63, 3.8) is 0 Å². The Kier molecular flexibility index (Phi) is 4.50. The van der Waals surface area contributed by atoms with Crippen LogP contribution in [-0.2, 0) is 4.79 Å². The van der Waals surface area contributed by atoms with Gasteiger partial charge in [0, 0.05) is 24.1 Å². The van der Waals surface area contributed by atoms with Gasteiger partial charge in [-0.25, -0.2) is 0 Å². The molecule has 0 radical (unpaired) electrons.